The molecule has 0 spiro atoms. The molecule has 0 aliphatic heterocycles. The summed E-state index contributed by atoms with van der Waals surface area (Å²) in [5.74, 6) is 1.55. The van der Waals surface area contributed by atoms with Crippen molar-refractivity contribution in [1.29, 1.82) is 0 Å². The summed E-state index contributed by atoms with van der Waals surface area (Å²) in [5.41, 5.74) is 7.85. The molecule has 12 nitrogen and oxygen atoms in total. The number of halogens is 3. The van der Waals surface area contributed by atoms with Gasteiger partial charge in [0.15, 0.2) is 9.84 Å². The minimum atomic E-state index is -4.35. The predicted molar refractivity (Wildman–Crippen MR) is 304 cm³/mol. The largest absolute Gasteiger partial charge is 0.495 e. The van der Waals surface area contributed by atoms with Crippen LogP contribution in [0.3, 0.4) is 0 Å². The standard InChI is InChI=1S/C11H17NO2S.C10H12F3N.2C10H15NO.C10H15N.C9H14N2O/c1-11(2,3)10-5-9(6-12-7-10)8-15(4,13)14;1-9(2,3)7-4-5-8(14-6-7)10(11,12)13;1-10(2,3)8-5-9(12-4)7-11-6-8;1-10(2,3)8-5-6-9(12-4)11-7-8;1-8-5-6-9(7-11-8)10(2,3)4;1-9(2,3)7-5-10-8(12)11(4)6-7/h5-7H,8H2,1-4H3;4-6H,1-3H3;2*5-7H,1-4H3;5-7H,1-4H3;5-6H,1-4H3. The highest BCUT2D eigenvalue weighted by atomic mass is 32.2. The average molecular weight is 1080 g/mol. The van der Waals surface area contributed by atoms with E-state index in [0.29, 0.717) is 5.88 Å². The first-order chi connectivity index (χ1) is 34.4. The van der Waals surface area contributed by atoms with Gasteiger partial charge < -0.3 is 14.0 Å². The summed E-state index contributed by atoms with van der Waals surface area (Å²) in [4.78, 5) is 34.6. The summed E-state index contributed by atoms with van der Waals surface area (Å²) < 4.78 is 70.3. The van der Waals surface area contributed by atoms with Crippen LogP contribution in [0.5, 0.6) is 11.6 Å². The van der Waals surface area contributed by atoms with Gasteiger partial charge in [-0.15, -0.1) is 0 Å². The third-order valence-corrected chi connectivity index (χ3v) is 12.1. The maximum absolute atomic E-state index is 12.2. The summed E-state index contributed by atoms with van der Waals surface area (Å²) in [5, 5.41) is 0. The molecule has 6 heterocycles. The number of ether oxygens (including phenoxy) is 2. The normalized spacial score (nSPS) is 12.0. The lowest BCUT2D eigenvalue weighted by molar-refractivity contribution is -0.141. The van der Waals surface area contributed by atoms with E-state index in [1.54, 1.807) is 46.1 Å². The topological polar surface area (TPSA) is 152 Å². The lowest BCUT2D eigenvalue weighted by Crippen LogP contribution is -2.23. The molecular formula is C60H88F3N7O5S. The fourth-order valence-corrected chi connectivity index (χ4v) is 6.75. The van der Waals surface area contributed by atoms with Crippen LogP contribution >= 0.6 is 0 Å². The first-order valence-corrected chi connectivity index (χ1v) is 27.1. The van der Waals surface area contributed by atoms with Gasteiger partial charge in [-0.05, 0) is 96.6 Å². The van der Waals surface area contributed by atoms with Gasteiger partial charge in [0.05, 0.1) is 26.2 Å². The van der Waals surface area contributed by atoms with Crippen molar-refractivity contribution in [3.63, 3.8) is 0 Å². The lowest BCUT2D eigenvalue weighted by atomic mass is 9.88. The zero-order valence-corrected chi connectivity index (χ0v) is 50.6. The Hall–Kier alpha value is -6.03. The Labute approximate surface area is 453 Å². The summed E-state index contributed by atoms with van der Waals surface area (Å²) in [6.45, 7) is 39.8. The van der Waals surface area contributed by atoms with E-state index < -0.39 is 21.7 Å². The molecule has 0 saturated carbocycles. The highest BCUT2D eigenvalue weighted by molar-refractivity contribution is 7.89. The zero-order chi connectivity index (χ0) is 58.9. The number of hydrogen-bond donors (Lipinski definition) is 0. The predicted octanol–water partition coefficient (Wildman–Crippen LogP) is 13.9. The molecule has 0 bridgehead atoms. The van der Waals surface area contributed by atoms with Crippen molar-refractivity contribution < 1.29 is 31.1 Å². The third-order valence-electron chi connectivity index (χ3n) is 11.2. The minimum Gasteiger partial charge on any atom is -0.495 e. The van der Waals surface area contributed by atoms with E-state index in [1.165, 1.54) is 39.8 Å². The van der Waals surface area contributed by atoms with Gasteiger partial charge >= 0.3 is 11.9 Å². The second kappa shape index (κ2) is 27.8. The first kappa shape index (κ1) is 68.0. The van der Waals surface area contributed by atoms with Crippen LogP contribution in [0.15, 0.2) is 109 Å². The molecule has 0 aliphatic rings. The van der Waals surface area contributed by atoms with Gasteiger partial charge in [0.2, 0.25) is 5.88 Å². The van der Waals surface area contributed by atoms with Crippen LogP contribution in [0.2, 0.25) is 0 Å². The van der Waals surface area contributed by atoms with E-state index in [4.69, 9.17) is 9.47 Å². The quantitative estimate of drug-likeness (QED) is 0.166. The lowest BCUT2D eigenvalue weighted by Gasteiger charge is -2.18. The zero-order valence-electron chi connectivity index (χ0n) is 49.7. The van der Waals surface area contributed by atoms with Crippen LogP contribution in [0.25, 0.3) is 0 Å². The number of nitrogens with zero attached hydrogens (tertiary/aromatic N) is 7. The molecule has 76 heavy (non-hydrogen) atoms. The van der Waals surface area contributed by atoms with Gasteiger partial charge in [-0.3, -0.25) is 19.9 Å². The number of pyridine rings is 5. The van der Waals surface area contributed by atoms with E-state index in [0.717, 1.165) is 39.8 Å². The smallest absolute Gasteiger partial charge is 0.433 e. The maximum atomic E-state index is 12.2. The Morgan fingerprint density at radius 3 is 1.28 bits per heavy atom. The first-order valence-electron chi connectivity index (χ1n) is 25.0. The number of sulfone groups is 1. The van der Waals surface area contributed by atoms with Crippen LogP contribution in [0, 0.1) is 6.92 Å². The Kier molecular flexibility index (Phi) is 24.9. The fourth-order valence-electron chi connectivity index (χ4n) is 5.98. The van der Waals surface area contributed by atoms with Crippen molar-refractivity contribution in [3.05, 3.63) is 165 Å². The van der Waals surface area contributed by atoms with Crippen molar-refractivity contribution >= 4 is 9.84 Å². The molecule has 6 aromatic heterocycles. The Morgan fingerprint density at radius 2 is 0.921 bits per heavy atom. The van der Waals surface area contributed by atoms with E-state index in [9.17, 15) is 26.4 Å². The highest BCUT2D eigenvalue weighted by Gasteiger charge is 2.32. The molecule has 0 saturated heterocycles. The van der Waals surface area contributed by atoms with Gasteiger partial charge in [-0.2, -0.15) is 13.2 Å². The Bertz CT molecular complexity index is 2810. The van der Waals surface area contributed by atoms with Gasteiger partial charge in [0.1, 0.15) is 11.4 Å². The second-order valence-corrected chi connectivity index (χ2v) is 26.8. The number of hydrogen-bond acceptors (Lipinski definition) is 11. The molecule has 0 radical (unpaired) electrons. The molecule has 0 atom stereocenters. The van der Waals surface area contributed by atoms with E-state index in [1.807, 2.05) is 76.7 Å². The molecular weight excluding hydrogens is 988 g/mol. The monoisotopic (exact) mass is 1080 g/mol. The number of rotatable bonds is 4. The van der Waals surface area contributed by atoms with Crippen LogP contribution in [0.1, 0.15) is 175 Å². The van der Waals surface area contributed by atoms with Gasteiger partial charge in [0.25, 0.3) is 0 Å². The molecule has 6 rings (SSSR count). The maximum Gasteiger partial charge on any atom is 0.433 e. The third kappa shape index (κ3) is 26.1. The minimum absolute atomic E-state index is 0.000509. The van der Waals surface area contributed by atoms with Crippen molar-refractivity contribution in [1.82, 2.24) is 34.5 Å². The molecule has 0 aliphatic carbocycles. The second-order valence-electron chi connectivity index (χ2n) is 24.7. The molecule has 0 N–H and O–H groups in total. The van der Waals surface area contributed by atoms with Gasteiger partial charge in [-0.1, -0.05) is 149 Å². The highest BCUT2D eigenvalue weighted by Crippen LogP contribution is 2.30. The molecule has 16 heteroatoms. The summed E-state index contributed by atoms with van der Waals surface area (Å²) in [7, 11) is 2.01. The number of alkyl halides is 3. The van der Waals surface area contributed by atoms with Crippen molar-refractivity contribution in [2.75, 3.05) is 20.5 Å². The number of aromatic nitrogens is 7. The fraction of sp³-hybridized carbons (Fsp3) is 0.517. The van der Waals surface area contributed by atoms with E-state index in [-0.39, 0.29) is 43.9 Å². The van der Waals surface area contributed by atoms with Crippen molar-refractivity contribution in [2.45, 2.75) is 176 Å². The van der Waals surface area contributed by atoms with Crippen LogP contribution in [0.4, 0.5) is 13.2 Å². The molecule has 6 aromatic rings. The molecule has 0 aromatic carbocycles. The number of methoxy groups -OCH3 is 2. The average Bonchev–Trinajstić information content (AvgIpc) is 3.29. The van der Waals surface area contributed by atoms with E-state index >= 15 is 0 Å². The summed E-state index contributed by atoms with van der Waals surface area (Å²) >= 11 is 0. The van der Waals surface area contributed by atoms with Crippen LogP contribution < -0.4 is 15.2 Å². The summed E-state index contributed by atoms with van der Waals surface area (Å²) in [6.07, 6.45) is 12.4. The van der Waals surface area contributed by atoms with E-state index in [2.05, 4.69) is 146 Å². The number of aryl methyl sites for hydroxylation is 2. The molecule has 420 valence electrons. The van der Waals surface area contributed by atoms with Crippen molar-refractivity contribution in [2.24, 2.45) is 7.05 Å². The van der Waals surface area contributed by atoms with Crippen molar-refractivity contribution in [3.8, 4) is 11.6 Å². The Morgan fingerprint density at radius 1 is 0.500 bits per heavy atom. The SMILES string of the molecule is CC(C)(C)c1ccc(C(F)(F)F)nc1.CC(C)(C)c1cncc(CS(C)(=O)=O)c1.COc1ccc(C(C)(C)C)cn1.COc1cncc(C(C)(C)C)c1.Cc1ccc(C(C)(C)C)cn1.Cn1cc(C(C)(C)C)cnc1=O. The van der Waals surface area contributed by atoms with Gasteiger partial charge in [0, 0.05) is 74.6 Å². The Balaban J connectivity index is 0.000000457. The molecule has 0 unspecified atom stereocenters. The van der Waals surface area contributed by atoms with Crippen LogP contribution in [-0.4, -0.2) is 63.4 Å². The molecule has 0 fully saturated rings. The van der Waals surface area contributed by atoms with Gasteiger partial charge in [-0.25, -0.2) is 23.2 Å². The molecule has 0 amide bonds. The summed E-state index contributed by atoms with van der Waals surface area (Å²) in [6, 6.07) is 14.5. The van der Waals surface area contributed by atoms with Crippen LogP contribution in [-0.2, 0) is 61.3 Å².